The minimum atomic E-state index is 0.165. The molecule has 0 aliphatic heterocycles. The highest BCUT2D eigenvalue weighted by molar-refractivity contribution is 7.98. The number of benzene rings is 2. The van der Waals surface area contributed by atoms with Crippen molar-refractivity contribution in [2.24, 2.45) is 0 Å². The summed E-state index contributed by atoms with van der Waals surface area (Å²) in [7, 11) is 0. The lowest BCUT2D eigenvalue weighted by Crippen LogP contribution is -2.10. The van der Waals surface area contributed by atoms with Gasteiger partial charge in [-0.1, -0.05) is 75.3 Å². The van der Waals surface area contributed by atoms with Gasteiger partial charge in [0, 0.05) is 22.5 Å². The molecule has 0 bridgehead atoms. The van der Waals surface area contributed by atoms with E-state index in [2.05, 4.69) is 61.9 Å². The molecule has 0 spiro atoms. The Labute approximate surface area is 176 Å². The topological polar surface area (TPSA) is 35.0 Å². The van der Waals surface area contributed by atoms with Gasteiger partial charge in [0.1, 0.15) is 5.75 Å². The summed E-state index contributed by atoms with van der Waals surface area (Å²) >= 11 is 7.56. The zero-order chi connectivity index (χ0) is 20.1. The van der Waals surface area contributed by atoms with Crippen molar-refractivity contribution < 1.29 is 4.74 Å². The molecule has 0 saturated heterocycles. The number of nitrogens with zero attached hydrogens (tertiary/aromatic N) is 2. The van der Waals surface area contributed by atoms with Crippen LogP contribution in [0.15, 0.2) is 59.8 Å². The molecule has 0 unspecified atom stereocenters. The van der Waals surface area contributed by atoms with Gasteiger partial charge in [0.15, 0.2) is 5.16 Å². The molecule has 5 heteroatoms. The van der Waals surface area contributed by atoms with Crippen LogP contribution in [-0.4, -0.2) is 9.97 Å². The molecule has 0 N–H and O–H groups in total. The van der Waals surface area contributed by atoms with Gasteiger partial charge in [0.25, 0.3) is 0 Å². The summed E-state index contributed by atoms with van der Waals surface area (Å²) in [6, 6.07) is 17.9. The van der Waals surface area contributed by atoms with E-state index in [1.807, 2.05) is 18.2 Å². The number of rotatable bonds is 6. The van der Waals surface area contributed by atoms with Gasteiger partial charge in [-0.25, -0.2) is 4.98 Å². The van der Waals surface area contributed by atoms with Crippen LogP contribution >= 0.6 is 23.4 Å². The summed E-state index contributed by atoms with van der Waals surface area (Å²) < 4.78 is 5.90. The maximum Gasteiger partial charge on any atom is 0.223 e. The number of thioether (sulfide) groups is 1. The highest BCUT2D eigenvalue weighted by Crippen LogP contribution is 2.27. The Morgan fingerprint density at radius 2 is 1.64 bits per heavy atom. The third kappa shape index (κ3) is 5.73. The third-order valence-corrected chi connectivity index (χ3v) is 5.49. The Kier molecular flexibility index (Phi) is 6.63. The number of ether oxygens (including phenoxy) is 1. The van der Waals surface area contributed by atoms with Crippen LogP contribution in [0.25, 0.3) is 0 Å². The maximum absolute atomic E-state index is 5.94. The monoisotopic (exact) mass is 412 g/mol. The minimum absolute atomic E-state index is 0.165. The largest absolute Gasteiger partial charge is 0.439 e. The van der Waals surface area contributed by atoms with E-state index in [0.29, 0.717) is 16.7 Å². The van der Waals surface area contributed by atoms with Gasteiger partial charge in [0.05, 0.1) is 0 Å². The van der Waals surface area contributed by atoms with Crippen molar-refractivity contribution in [1.29, 1.82) is 0 Å². The first-order valence-electron chi connectivity index (χ1n) is 9.37. The molecule has 0 amide bonds. The van der Waals surface area contributed by atoms with Crippen LogP contribution in [0.1, 0.15) is 44.5 Å². The van der Waals surface area contributed by atoms with Crippen LogP contribution in [0.3, 0.4) is 0 Å². The lowest BCUT2D eigenvalue weighted by atomic mass is 9.87. The highest BCUT2D eigenvalue weighted by atomic mass is 35.5. The third-order valence-electron chi connectivity index (χ3n) is 4.32. The number of aryl methyl sites for hydroxylation is 1. The number of hydrogen-bond donors (Lipinski definition) is 0. The Bertz CT molecular complexity index is 919. The molecule has 1 heterocycles. The van der Waals surface area contributed by atoms with Crippen molar-refractivity contribution in [3.05, 3.63) is 76.4 Å². The van der Waals surface area contributed by atoms with Crippen LogP contribution in [0.4, 0.5) is 0 Å². The Hall–Kier alpha value is -2.04. The molecular weight excluding hydrogens is 388 g/mol. The molecule has 0 atom stereocenters. The summed E-state index contributed by atoms with van der Waals surface area (Å²) in [6.45, 7) is 8.75. The fourth-order valence-electron chi connectivity index (χ4n) is 2.62. The first kappa shape index (κ1) is 20.7. The van der Waals surface area contributed by atoms with Crippen LogP contribution in [0.5, 0.6) is 11.6 Å². The fraction of sp³-hybridized carbons (Fsp3) is 0.304. The first-order chi connectivity index (χ1) is 13.3. The van der Waals surface area contributed by atoms with Crippen LogP contribution in [-0.2, 0) is 17.6 Å². The molecule has 3 nitrogen and oxygen atoms in total. The zero-order valence-electron chi connectivity index (χ0n) is 16.7. The predicted octanol–water partition coefficient (Wildman–Crippen LogP) is 7.07. The van der Waals surface area contributed by atoms with Gasteiger partial charge in [-0.2, -0.15) is 4.98 Å². The maximum atomic E-state index is 5.94. The average molecular weight is 413 g/mol. The molecular formula is C23H25ClN2OS. The van der Waals surface area contributed by atoms with Crippen molar-refractivity contribution >= 4 is 23.4 Å². The molecule has 3 aromatic rings. The van der Waals surface area contributed by atoms with E-state index in [1.54, 1.807) is 23.9 Å². The second-order valence-corrected chi connectivity index (χ2v) is 9.00. The van der Waals surface area contributed by atoms with Crippen LogP contribution < -0.4 is 4.74 Å². The summed E-state index contributed by atoms with van der Waals surface area (Å²) in [5.74, 6) is 2.08. The SMILES string of the molecule is CCc1cc(Oc2ccc(Cl)cc2)nc(SCc2ccc(C(C)(C)C)cc2)n1. The fourth-order valence-corrected chi connectivity index (χ4v) is 3.57. The standard InChI is InChI=1S/C23H25ClN2OS/c1-5-19-14-21(27-20-12-10-18(24)11-13-20)26-22(25-19)28-15-16-6-8-17(9-7-16)23(2,3)4/h6-14H,5,15H2,1-4H3. The molecule has 28 heavy (non-hydrogen) atoms. The van der Waals surface area contributed by atoms with E-state index in [9.17, 15) is 0 Å². The van der Waals surface area contributed by atoms with Crippen molar-refractivity contribution in [2.75, 3.05) is 0 Å². The molecule has 146 valence electrons. The second kappa shape index (κ2) is 8.97. The molecule has 2 aromatic carbocycles. The van der Waals surface area contributed by atoms with E-state index in [1.165, 1.54) is 11.1 Å². The Morgan fingerprint density at radius 3 is 2.25 bits per heavy atom. The Balaban J connectivity index is 1.71. The molecule has 0 aliphatic rings. The zero-order valence-corrected chi connectivity index (χ0v) is 18.3. The Morgan fingerprint density at radius 1 is 0.964 bits per heavy atom. The van der Waals surface area contributed by atoms with Gasteiger partial charge in [0.2, 0.25) is 5.88 Å². The number of aromatic nitrogens is 2. The summed E-state index contributed by atoms with van der Waals surface area (Å²) in [5.41, 5.74) is 3.72. The van der Waals surface area contributed by atoms with Crippen molar-refractivity contribution in [1.82, 2.24) is 9.97 Å². The number of hydrogen-bond acceptors (Lipinski definition) is 4. The van der Waals surface area contributed by atoms with Gasteiger partial charge < -0.3 is 4.74 Å². The molecule has 0 aliphatic carbocycles. The quantitative estimate of drug-likeness (QED) is 0.320. The average Bonchev–Trinajstić information content (AvgIpc) is 2.67. The van der Waals surface area contributed by atoms with E-state index >= 15 is 0 Å². The second-order valence-electron chi connectivity index (χ2n) is 7.63. The summed E-state index contributed by atoms with van der Waals surface area (Å²) in [4.78, 5) is 9.20. The van der Waals surface area contributed by atoms with Crippen LogP contribution in [0.2, 0.25) is 5.02 Å². The summed E-state index contributed by atoms with van der Waals surface area (Å²) in [5, 5.41) is 1.40. The van der Waals surface area contributed by atoms with Crippen LogP contribution in [0, 0.1) is 0 Å². The van der Waals surface area contributed by atoms with Crippen molar-refractivity contribution in [3.63, 3.8) is 0 Å². The van der Waals surface area contributed by atoms with E-state index in [-0.39, 0.29) is 5.41 Å². The molecule has 3 rings (SSSR count). The highest BCUT2D eigenvalue weighted by Gasteiger charge is 2.13. The van der Waals surface area contributed by atoms with Gasteiger partial charge in [-0.15, -0.1) is 0 Å². The molecule has 0 fully saturated rings. The predicted molar refractivity (Wildman–Crippen MR) is 118 cm³/mol. The lowest BCUT2D eigenvalue weighted by Gasteiger charge is -2.19. The van der Waals surface area contributed by atoms with Gasteiger partial charge >= 0.3 is 0 Å². The van der Waals surface area contributed by atoms with Crippen molar-refractivity contribution in [3.8, 4) is 11.6 Å². The van der Waals surface area contributed by atoms with Crippen molar-refractivity contribution in [2.45, 2.75) is 50.4 Å². The number of halogens is 1. The van der Waals surface area contributed by atoms with Gasteiger partial charge in [-0.05, 0) is 47.2 Å². The minimum Gasteiger partial charge on any atom is -0.439 e. The lowest BCUT2D eigenvalue weighted by molar-refractivity contribution is 0.454. The smallest absolute Gasteiger partial charge is 0.223 e. The van der Waals surface area contributed by atoms with Gasteiger partial charge in [-0.3, -0.25) is 0 Å². The van der Waals surface area contributed by atoms with E-state index in [0.717, 1.165) is 23.0 Å². The van der Waals surface area contributed by atoms with E-state index < -0.39 is 0 Å². The molecule has 0 saturated carbocycles. The first-order valence-corrected chi connectivity index (χ1v) is 10.7. The summed E-state index contributed by atoms with van der Waals surface area (Å²) in [6.07, 6.45) is 0.827. The molecule has 0 radical (unpaired) electrons. The molecule has 1 aromatic heterocycles. The van der Waals surface area contributed by atoms with E-state index in [4.69, 9.17) is 16.3 Å². The normalized spacial score (nSPS) is 11.5.